The summed E-state index contributed by atoms with van der Waals surface area (Å²) >= 11 is 0. The maximum atomic E-state index is 5.63. The quantitative estimate of drug-likeness (QED) is 0.624. The molecule has 12 heavy (non-hydrogen) atoms. The number of nitrogens with two attached hydrogens (primary N) is 1. The van der Waals surface area contributed by atoms with E-state index in [0.717, 1.165) is 11.4 Å². The van der Waals surface area contributed by atoms with E-state index in [1.165, 1.54) is 0 Å². The average molecular weight is 164 g/mol. The fourth-order valence-electron chi connectivity index (χ4n) is 0.636. The van der Waals surface area contributed by atoms with Crippen molar-refractivity contribution in [2.75, 3.05) is 0 Å². The first-order valence-electron chi connectivity index (χ1n) is 3.80. The summed E-state index contributed by atoms with van der Waals surface area (Å²) in [6.45, 7) is 11.1. The van der Waals surface area contributed by atoms with Crippen molar-refractivity contribution in [1.29, 1.82) is 0 Å². The summed E-state index contributed by atoms with van der Waals surface area (Å²) in [6.07, 6.45) is 5.22. The largest absolute Gasteiger partial charge is 0.397 e. The molecule has 0 amide bonds. The predicted molar refractivity (Wildman–Crippen MR) is 54.2 cm³/mol. The summed E-state index contributed by atoms with van der Waals surface area (Å²) in [6, 6.07) is 0. The van der Waals surface area contributed by atoms with Gasteiger partial charge in [-0.15, -0.1) is 0 Å². The first-order valence-corrected chi connectivity index (χ1v) is 3.80. The molecule has 2 nitrogen and oxygen atoms in total. The van der Waals surface area contributed by atoms with Gasteiger partial charge in [0.15, 0.2) is 0 Å². The van der Waals surface area contributed by atoms with Crippen LogP contribution in [-0.2, 0) is 0 Å². The molecule has 3 N–H and O–H groups in total. The molecule has 0 heterocycles. The molecule has 0 aromatic carbocycles. The minimum absolute atomic E-state index is 0.603. The number of rotatable bonds is 4. The molecule has 0 atom stereocenters. The smallest absolute Gasteiger partial charge is 0.0609 e. The first kappa shape index (κ1) is 10.6. The molecule has 0 aromatic rings. The minimum Gasteiger partial charge on any atom is -0.397 e. The van der Waals surface area contributed by atoms with Gasteiger partial charge in [-0.05, 0) is 26.0 Å². The van der Waals surface area contributed by atoms with E-state index in [0.29, 0.717) is 5.70 Å². The van der Waals surface area contributed by atoms with Crippen LogP contribution in [0.15, 0.2) is 48.5 Å². The van der Waals surface area contributed by atoms with Gasteiger partial charge in [0.25, 0.3) is 0 Å². The Morgan fingerprint density at radius 2 is 1.92 bits per heavy atom. The third kappa shape index (κ3) is 3.10. The maximum absolute atomic E-state index is 5.63. The van der Waals surface area contributed by atoms with Crippen LogP contribution in [0.25, 0.3) is 0 Å². The lowest BCUT2D eigenvalue weighted by Gasteiger charge is -2.08. The Hall–Kier alpha value is -1.44. The van der Waals surface area contributed by atoms with Crippen LogP contribution < -0.4 is 11.1 Å². The highest BCUT2D eigenvalue weighted by Crippen LogP contribution is 2.00. The topological polar surface area (TPSA) is 38.0 Å². The second-order valence-corrected chi connectivity index (χ2v) is 2.37. The molecule has 0 unspecified atom stereocenters. The Morgan fingerprint density at radius 3 is 2.25 bits per heavy atom. The van der Waals surface area contributed by atoms with Gasteiger partial charge in [0, 0.05) is 5.70 Å². The third-order valence-electron chi connectivity index (χ3n) is 1.50. The van der Waals surface area contributed by atoms with Gasteiger partial charge in [-0.1, -0.05) is 19.2 Å². The SMILES string of the molecule is C=C/C(N)=C(\C=C)N/C(C)=C/C. The molecule has 0 aromatic heterocycles. The van der Waals surface area contributed by atoms with Crippen LogP contribution in [0.2, 0.25) is 0 Å². The summed E-state index contributed by atoms with van der Waals surface area (Å²) in [7, 11) is 0. The van der Waals surface area contributed by atoms with Gasteiger partial charge >= 0.3 is 0 Å². The molecule has 0 aliphatic heterocycles. The second-order valence-electron chi connectivity index (χ2n) is 2.37. The summed E-state index contributed by atoms with van der Waals surface area (Å²) in [5.74, 6) is 0. The molecule has 0 fully saturated rings. The van der Waals surface area contributed by atoms with Crippen molar-refractivity contribution in [3.8, 4) is 0 Å². The van der Waals surface area contributed by atoms with Crippen LogP contribution in [-0.4, -0.2) is 0 Å². The molecule has 0 aliphatic rings. The monoisotopic (exact) mass is 164 g/mol. The van der Waals surface area contributed by atoms with Gasteiger partial charge in [0.1, 0.15) is 0 Å². The minimum atomic E-state index is 0.603. The van der Waals surface area contributed by atoms with Gasteiger partial charge < -0.3 is 11.1 Å². The van der Waals surface area contributed by atoms with Crippen LogP contribution in [0, 0.1) is 0 Å². The molecular weight excluding hydrogens is 148 g/mol. The van der Waals surface area contributed by atoms with Gasteiger partial charge in [-0.3, -0.25) is 0 Å². The zero-order valence-corrected chi connectivity index (χ0v) is 7.72. The van der Waals surface area contributed by atoms with Crippen molar-refractivity contribution >= 4 is 0 Å². The Kier molecular flexibility index (Phi) is 4.61. The van der Waals surface area contributed by atoms with E-state index in [2.05, 4.69) is 18.5 Å². The van der Waals surface area contributed by atoms with Gasteiger partial charge in [-0.25, -0.2) is 0 Å². The average Bonchev–Trinajstić information content (AvgIpc) is 2.12. The maximum Gasteiger partial charge on any atom is 0.0609 e. The zero-order chi connectivity index (χ0) is 9.56. The van der Waals surface area contributed by atoms with Crippen molar-refractivity contribution in [2.24, 2.45) is 5.73 Å². The normalized spacial score (nSPS) is 13.3. The highest BCUT2D eigenvalue weighted by atomic mass is 14.9. The number of allylic oxidation sites excluding steroid dienone is 4. The molecule has 0 radical (unpaired) electrons. The number of nitrogens with one attached hydrogen (secondary N) is 1. The van der Waals surface area contributed by atoms with E-state index in [1.54, 1.807) is 12.2 Å². The Morgan fingerprint density at radius 1 is 1.33 bits per heavy atom. The van der Waals surface area contributed by atoms with Crippen LogP contribution in [0.5, 0.6) is 0 Å². The summed E-state index contributed by atoms with van der Waals surface area (Å²) < 4.78 is 0. The zero-order valence-electron chi connectivity index (χ0n) is 7.72. The summed E-state index contributed by atoms with van der Waals surface area (Å²) in [5.41, 5.74) is 8.06. The highest BCUT2D eigenvalue weighted by molar-refractivity contribution is 5.29. The van der Waals surface area contributed by atoms with Crippen molar-refractivity contribution in [1.82, 2.24) is 5.32 Å². The van der Waals surface area contributed by atoms with E-state index in [-0.39, 0.29) is 0 Å². The van der Waals surface area contributed by atoms with Gasteiger partial charge in [0.05, 0.1) is 11.4 Å². The first-order chi connectivity index (χ1) is 5.65. The summed E-state index contributed by atoms with van der Waals surface area (Å²) in [5, 5.41) is 3.09. The predicted octanol–water partition coefficient (Wildman–Crippen LogP) is 2.04. The van der Waals surface area contributed by atoms with Crippen molar-refractivity contribution in [2.45, 2.75) is 13.8 Å². The molecule has 0 spiro atoms. The Labute approximate surface area is 74.2 Å². The Bertz CT molecular complexity index is 234. The lowest BCUT2D eigenvalue weighted by Crippen LogP contribution is -2.13. The molecule has 0 bridgehead atoms. The standard InChI is InChI=1S/C10H16N2/c1-5-8(4)12-10(7-3)9(11)6-2/h5-7,12H,2-3,11H2,1,4H3/b8-5+,10-9-. The third-order valence-corrected chi connectivity index (χ3v) is 1.50. The van der Waals surface area contributed by atoms with Crippen LogP contribution in [0.1, 0.15) is 13.8 Å². The van der Waals surface area contributed by atoms with Crippen LogP contribution >= 0.6 is 0 Å². The van der Waals surface area contributed by atoms with Crippen LogP contribution in [0.4, 0.5) is 0 Å². The Balaban J connectivity index is 4.59. The van der Waals surface area contributed by atoms with E-state index in [4.69, 9.17) is 5.73 Å². The van der Waals surface area contributed by atoms with E-state index in [9.17, 15) is 0 Å². The molecule has 66 valence electrons. The van der Waals surface area contributed by atoms with Crippen LogP contribution in [0.3, 0.4) is 0 Å². The van der Waals surface area contributed by atoms with E-state index < -0.39 is 0 Å². The lowest BCUT2D eigenvalue weighted by molar-refractivity contribution is 0.978. The summed E-state index contributed by atoms with van der Waals surface area (Å²) in [4.78, 5) is 0. The van der Waals surface area contributed by atoms with Crippen molar-refractivity contribution < 1.29 is 0 Å². The van der Waals surface area contributed by atoms with Gasteiger partial charge in [0.2, 0.25) is 0 Å². The number of hydrogen-bond donors (Lipinski definition) is 2. The lowest BCUT2D eigenvalue weighted by atomic mass is 10.3. The number of hydrogen-bond acceptors (Lipinski definition) is 2. The van der Waals surface area contributed by atoms with E-state index >= 15 is 0 Å². The molecule has 0 saturated heterocycles. The van der Waals surface area contributed by atoms with Crippen molar-refractivity contribution in [3.05, 3.63) is 48.5 Å². The highest BCUT2D eigenvalue weighted by Gasteiger charge is 1.94. The van der Waals surface area contributed by atoms with Crippen molar-refractivity contribution in [3.63, 3.8) is 0 Å². The fourth-order valence-corrected chi connectivity index (χ4v) is 0.636. The molecular formula is C10H16N2. The van der Waals surface area contributed by atoms with E-state index in [1.807, 2.05) is 19.9 Å². The molecule has 2 heteroatoms. The van der Waals surface area contributed by atoms with Gasteiger partial charge in [-0.2, -0.15) is 0 Å². The fraction of sp³-hybridized carbons (Fsp3) is 0.200. The second kappa shape index (κ2) is 5.24. The molecule has 0 aliphatic carbocycles. The molecule has 0 saturated carbocycles. The molecule has 0 rings (SSSR count).